The highest BCUT2D eigenvalue weighted by Crippen LogP contribution is 2.36. The Morgan fingerprint density at radius 3 is 2.62 bits per heavy atom. The molecule has 24 heavy (non-hydrogen) atoms. The lowest BCUT2D eigenvalue weighted by atomic mass is 10.1. The van der Waals surface area contributed by atoms with Gasteiger partial charge < -0.3 is 10.0 Å². The van der Waals surface area contributed by atoms with Gasteiger partial charge in [-0.25, -0.2) is 13.1 Å². The monoisotopic (exact) mass is 416 g/mol. The average Bonchev–Trinajstić information content (AvgIpc) is 2.76. The van der Waals surface area contributed by atoms with Gasteiger partial charge in [0, 0.05) is 22.4 Å². The van der Waals surface area contributed by atoms with Crippen LogP contribution in [0.3, 0.4) is 0 Å². The molecule has 1 aromatic rings. The summed E-state index contributed by atoms with van der Waals surface area (Å²) in [7, 11) is -4.05. The van der Waals surface area contributed by atoms with Crippen molar-refractivity contribution in [3.05, 3.63) is 34.4 Å². The molecule has 2 N–H and O–H groups in total. The Morgan fingerprint density at radius 1 is 1.46 bits per heavy atom. The molecule has 1 aromatic carbocycles. The van der Waals surface area contributed by atoms with Crippen LogP contribution < -0.4 is 9.62 Å². The second kappa shape index (κ2) is 6.50. The number of nitrogens with zero attached hydrogens (tertiary/aromatic N) is 1. The van der Waals surface area contributed by atoms with Crippen molar-refractivity contribution in [2.75, 3.05) is 11.4 Å². The summed E-state index contributed by atoms with van der Waals surface area (Å²) >= 11 is 3.27. The number of nitrogens with one attached hydrogen (secondary N) is 1. The van der Waals surface area contributed by atoms with Crippen molar-refractivity contribution in [3.8, 4) is 0 Å². The number of hydrogen-bond donors (Lipinski definition) is 2. The molecular weight excluding hydrogens is 396 g/mol. The third-order valence-corrected chi connectivity index (χ3v) is 5.95. The van der Waals surface area contributed by atoms with Gasteiger partial charge in [-0.1, -0.05) is 6.58 Å². The SMILES string of the molecule is C=C(C)N1CCc2cc(Br)c(S(=O)(=O)NC(=O)CC(C)(C)O)cc21. The number of rotatable bonds is 5. The molecule has 0 radical (unpaired) electrons. The summed E-state index contributed by atoms with van der Waals surface area (Å²) in [4.78, 5) is 13.8. The molecule has 0 spiro atoms. The number of anilines is 1. The highest BCUT2D eigenvalue weighted by molar-refractivity contribution is 9.10. The molecule has 1 aliphatic rings. The molecule has 0 atom stereocenters. The standard InChI is InChI=1S/C16H21BrN2O4S/c1-10(2)19-6-5-11-7-12(17)14(8-13(11)19)24(22,23)18-15(20)9-16(3,4)21/h7-8,21H,1,5-6,9H2,2-4H3,(H,18,20). The average molecular weight is 417 g/mol. The highest BCUT2D eigenvalue weighted by atomic mass is 79.9. The highest BCUT2D eigenvalue weighted by Gasteiger charge is 2.28. The maximum Gasteiger partial charge on any atom is 0.265 e. The lowest BCUT2D eigenvalue weighted by molar-refractivity contribution is -0.123. The molecule has 1 amide bonds. The Morgan fingerprint density at radius 2 is 2.08 bits per heavy atom. The largest absolute Gasteiger partial charge is 0.390 e. The zero-order valence-electron chi connectivity index (χ0n) is 13.9. The molecule has 8 heteroatoms. The molecule has 0 fully saturated rings. The quantitative estimate of drug-likeness (QED) is 0.768. The van der Waals surface area contributed by atoms with E-state index < -0.39 is 21.5 Å². The number of sulfonamides is 1. The van der Waals surface area contributed by atoms with Gasteiger partial charge in [-0.3, -0.25) is 4.79 Å². The number of allylic oxidation sites excluding steroid dienone is 1. The van der Waals surface area contributed by atoms with Crippen molar-refractivity contribution >= 4 is 37.5 Å². The summed E-state index contributed by atoms with van der Waals surface area (Å²) < 4.78 is 27.5. The van der Waals surface area contributed by atoms with Crippen molar-refractivity contribution in [1.82, 2.24) is 4.72 Å². The van der Waals surface area contributed by atoms with E-state index in [-0.39, 0.29) is 11.3 Å². The Labute approximate surface area is 150 Å². The first-order chi connectivity index (χ1) is 10.9. The molecule has 2 rings (SSSR count). The molecule has 0 aromatic heterocycles. The van der Waals surface area contributed by atoms with E-state index in [4.69, 9.17) is 0 Å². The van der Waals surface area contributed by atoms with Gasteiger partial charge in [-0.15, -0.1) is 0 Å². The number of carbonyl (C=O) groups is 1. The van der Waals surface area contributed by atoms with Crippen molar-refractivity contribution in [1.29, 1.82) is 0 Å². The summed E-state index contributed by atoms with van der Waals surface area (Å²) in [5.41, 5.74) is 1.34. The molecule has 1 heterocycles. The molecular formula is C16H21BrN2O4S. The summed E-state index contributed by atoms with van der Waals surface area (Å²) in [5, 5.41) is 9.65. The van der Waals surface area contributed by atoms with Crippen LogP contribution >= 0.6 is 15.9 Å². The fourth-order valence-corrected chi connectivity index (χ4v) is 4.72. The van der Waals surface area contributed by atoms with Crippen LogP contribution in [0.25, 0.3) is 0 Å². The number of hydrogen-bond acceptors (Lipinski definition) is 5. The Balaban J connectivity index is 2.36. The number of amides is 1. The number of fused-ring (bicyclic) bond motifs is 1. The van der Waals surface area contributed by atoms with Gasteiger partial charge >= 0.3 is 0 Å². The molecule has 0 unspecified atom stereocenters. The first kappa shape index (κ1) is 19.0. The van der Waals surface area contributed by atoms with Crippen molar-refractivity contribution in [3.63, 3.8) is 0 Å². The molecule has 1 aliphatic heterocycles. The van der Waals surface area contributed by atoms with E-state index in [1.165, 1.54) is 13.8 Å². The van der Waals surface area contributed by atoms with E-state index in [9.17, 15) is 18.3 Å². The Kier molecular flexibility index (Phi) is 5.13. The molecule has 0 aliphatic carbocycles. The Bertz CT molecular complexity index is 797. The maximum absolute atomic E-state index is 12.5. The zero-order chi connectivity index (χ0) is 18.3. The van der Waals surface area contributed by atoms with Crippen LogP contribution in [-0.4, -0.2) is 31.6 Å². The first-order valence-corrected chi connectivity index (χ1v) is 9.72. The molecule has 0 bridgehead atoms. The fraction of sp³-hybridized carbons (Fsp3) is 0.438. The van der Waals surface area contributed by atoms with Crippen LogP contribution in [0.4, 0.5) is 5.69 Å². The van der Waals surface area contributed by atoms with Gasteiger partial charge in [0.2, 0.25) is 5.91 Å². The topological polar surface area (TPSA) is 86.7 Å². The smallest absolute Gasteiger partial charge is 0.265 e. The van der Waals surface area contributed by atoms with E-state index in [0.29, 0.717) is 4.47 Å². The maximum atomic E-state index is 12.5. The minimum absolute atomic E-state index is 0.0153. The van der Waals surface area contributed by atoms with Gasteiger partial charge in [0.25, 0.3) is 10.0 Å². The van der Waals surface area contributed by atoms with Gasteiger partial charge in [0.1, 0.15) is 4.90 Å². The zero-order valence-corrected chi connectivity index (χ0v) is 16.3. The van der Waals surface area contributed by atoms with E-state index >= 15 is 0 Å². The van der Waals surface area contributed by atoms with Crippen molar-refractivity contribution in [2.45, 2.75) is 44.1 Å². The minimum Gasteiger partial charge on any atom is -0.390 e. The molecule has 0 saturated carbocycles. The third kappa shape index (κ3) is 4.17. The number of benzene rings is 1. The minimum atomic E-state index is -4.05. The summed E-state index contributed by atoms with van der Waals surface area (Å²) in [6, 6.07) is 3.30. The predicted octanol–water partition coefficient (Wildman–Crippen LogP) is 2.31. The van der Waals surface area contributed by atoms with Crippen LogP contribution in [0, 0.1) is 0 Å². The van der Waals surface area contributed by atoms with Gasteiger partial charge in [0.15, 0.2) is 0 Å². The van der Waals surface area contributed by atoms with Gasteiger partial charge in [0.05, 0.1) is 12.0 Å². The number of carbonyl (C=O) groups excluding carboxylic acids is 1. The van der Waals surface area contributed by atoms with Crippen molar-refractivity contribution < 1.29 is 18.3 Å². The summed E-state index contributed by atoms with van der Waals surface area (Å²) in [6.45, 7) is 9.38. The molecule has 6 nitrogen and oxygen atoms in total. The van der Waals surface area contributed by atoms with Crippen LogP contribution in [-0.2, 0) is 21.2 Å². The molecule has 0 saturated heterocycles. The van der Waals surface area contributed by atoms with E-state index in [1.54, 1.807) is 12.1 Å². The third-order valence-electron chi connectivity index (χ3n) is 3.62. The normalized spacial score (nSPS) is 14.5. The first-order valence-electron chi connectivity index (χ1n) is 7.44. The lowest BCUT2D eigenvalue weighted by Crippen LogP contribution is -2.36. The fourth-order valence-electron chi connectivity index (χ4n) is 2.62. The summed E-state index contributed by atoms with van der Waals surface area (Å²) in [6.07, 6.45) is 0.485. The van der Waals surface area contributed by atoms with E-state index in [0.717, 1.165) is 29.9 Å². The van der Waals surface area contributed by atoms with Crippen LogP contribution in [0.15, 0.2) is 33.8 Å². The summed E-state index contributed by atoms with van der Waals surface area (Å²) in [5.74, 6) is -0.758. The van der Waals surface area contributed by atoms with Crippen LogP contribution in [0.5, 0.6) is 0 Å². The number of halogens is 1. The second-order valence-electron chi connectivity index (χ2n) is 6.57. The predicted molar refractivity (Wildman–Crippen MR) is 96.2 cm³/mol. The second-order valence-corrected chi connectivity index (χ2v) is 9.07. The van der Waals surface area contributed by atoms with Gasteiger partial charge in [-0.2, -0.15) is 0 Å². The van der Waals surface area contributed by atoms with E-state index in [1.807, 2.05) is 16.5 Å². The molecule has 132 valence electrons. The van der Waals surface area contributed by atoms with E-state index in [2.05, 4.69) is 22.5 Å². The lowest BCUT2D eigenvalue weighted by Gasteiger charge is -2.20. The van der Waals surface area contributed by atoms with Crippen LogP contribution in [0.2, 0.25) is 0 Å². The Hall–Kier alpha value is -1.38. The van der Waals surface area contributed by atoms with Crippen molar-refractivity contribution in [2.24, 2.45) is 0 Å². The van der Waals surface area contributed by atoms with Gasteiger partial charge in [-0.05, 0) is 60.8 Å². The van der Waals surface area contributed by atoms with Crippen LogP contribution in [0.1, 0.15) is 32.8 Å². The number of aliphatic hydroxyl groups is 1.